The van der Waals surface area contributed by atoms with Crippen molar-refractivity contribution in [1.29, 1.82) is 0 Å². The monoisotopic (exact) mass is 504 g/mol. The number of rotatable bonds is 7. The van der Waals surface area contributed by atoms with Crippen LogP contribution in [0.1, 0.15) is 36.6 Å². The summed E-state index contributed by atoms with van der Waals surface area (Å²) in [6.07, 6.45) is 7.78. The van der Waals surface area contributed by atoms with E-state index in [-0.39, 0.29) is 28.9 Å². The van der Waals surface area contributed by atoms with Crippen molar-refractivity contribution >= 4 is 69.5 Å². The molecule has 8 nitrogen and oxygen atoms in total. The Kier molecular flexibility index (Phi) is 15.0. The number of carbonyl (C=O) groups excluding carboxylic acids is 2. The standard InChI is InChI=1S/C12H19N5OS3.C3H7NOS.Fe/c1-20-6-9(18)14-12-17-16-11(21-12)8-4-2-3-7(5-8)10(19)15-13;1-6-2-3(4)5;/h7-8H,2-6,13H2,1H3,(H,15,19)(H,14,17,18);2H2,1H3,(H2,4,5);/q;;+2/p-2/t7-,8-;;/m0../s1. The number of hydrogen-bond donors (Lipinski definition) is 2. The van der Waals surface area contributed by atoms with Gasteiger partial charge < -0.3 is 29.0 Å². The van der Waals surface area contributed by atoms with Gasteiger partial charge >= 0.3 is 17.1 Å². The zero-order valence-corrected chi connectivity index (χ0v) is 20.0. The van der Waals surface area contributed by atoms with E-state index in [0.29, 0.717) is 27.6 Å². The van der Waals surface area contributed by atoms with Crippen LogP contribution in [0.15, 0.2) is 5.10 Å². The molecule has 0 radical (unpaired) electrons. The van der Waals surface area contributed by atoms with Crippen molar-refractivity contribution in [1.82, 2.24) is 10.2 Å². The molecule has 0 spiro atoms. The van der Waals surface area contributed by atoms with Gasteiger partial charge in [-0.25, -0.2) is 5.10 Å². The van der Waals surface area contributed by atoms with Gasteiger partial charge in [-0.15, -0.1) is 10.2 Å². The summed E-state index contributed by atoms with van der Waals surface area (Å²) in [6.45, 7) is 0. The van der Waals surface area contributed by atoms with Crippen molar-refractivity contribution in [3.05, 3.63) is 10.7 Å². The predicted molar refractivity (Wildman–Crippen MR) is 118 cm³/mol. The molecular formula is C15H24FeN6O2S4. The molecule has 1 saturated carbocycles. The molecule has 28 heavy (non-hydrogen) atoms. The molecule has 0 unspecified atom stereocenters. The number of aromatic nitrogens is 2. The average Bonchev–Trinajstić information content (AvgIpc) is 3.10. The largest absolute Gasteiger partial charge is 2.00 e. The van der Waals surface area contributed by atoms with Gasteiger partial charge in [-0.3, -0.25) is 10.1 Å². The second-order valence-electron chi connectivity index (χ2n) is 5.81. The van der Waals surface area contributed by atoms with Gasteiger partial charge in [0, 0.05) is 11.7 Å². The summed E-state index contributed by atoms with van der Waals surface area (Å²) in [4.78, 5) is 21.2. The van der Waals surface area contributed by atoms with Gasteiger partial charge in [-0.05, 0) is 37.7 Å². The zero-order valence-electron chi connectivity index (χ0n) is 15.6. The Morgan fingerprint density at radius 3 is 2.54 bits per heavy atom. The Hall–Kier alpha value is -0.591. The van der Waals surface area contributed by atoms with Gasteiger partial charge in [-0.1, -0.05) is 22.8 Å². The van der Waals surface area contributed by atoms with Gasteiger partial charge in [0.1, 0.15) is 5.01 Å². The van der Waals surface area contributed by atoms with Crippen LogP contribution in [0.25, 0.3) is 5.73 Å². The van der Waals surface area contributed by atoms with Crippen molar-refractivity contribution in [2.24, 2.45) is 16.9 Å². The molecule has 2 amide bonds. The van der Waals surface area contributed by atoms with Crippen molar-refractivity contribution in [3.63, 3.8) is 0 Å². The number of anilines is 1. The van der Waals surface area contributed by atoms with Crippen molar-refractivity contribution in [2.75, 3.05) is 29.3 Å². The van der Waals surface area contributed by atoms with E-state index >= 15 is 0 Å². The zero-order chi connectivity index (χ0) is 20.2. The number of hydrazone groups is 1. The number of nitrogens with one attached hydrogen (secondary N) is 2. The van der Waals surface area contributed by atoms with Crippen molar-refractivity contribution in [2.45, 2.75) is 31.6 Å². The van der Waals surface area contributed by atoms with Crippen molar-refractivity contribution in [3.8, 4) is 0 Å². The molecule has 1 heterocycles. The maximum Gasteiger partial charge on any atom is 2.00 e. The second-order valence-corrected chi connectivity index (χ2v) is 8.97. The van der Waals surface area contributed by atoms with E-state index in [2.05, 4.69) is 20.6 Å². The number of carbonyl (C=O) groups is 2. The Bertz CT molecular complexity index is 646. The Morgan fingerprint density at radius 2 is 2.00 bits per heavy atom. The summed E-state index contributed by atoms with van der Waals surface area (Å²) in [7, 11) is 0. The molecule has 0 bridgehead atoms. The first-order valence-electron chi connectivity index (χ1n) is 8.21. The summed E-state index contributed by atoms with van der Waals surface area (Å²) in [5.41, 5.74) is 6.32. The van der Waals surface area contributed by atoms with Crippen LogP contribution in [-0.2, 0) is 39.3 Å². The van der Waals surface area contributed by atoms with E-state index in [4.69, 9.17) is 24.2 Å². The molecule has 158 valence electrons. The van der Waals surface area contributed by atoms with Crippen LogP contribution in [0.4, 0.5) is 5.13 Å². The smallest absolute Gasteiger partial charge is 0.763 e. The van der Waals surface area contributed by atoms with E-state index in [0.717, 1.165) is 30.7 Å². The molecule has 4 N–H and O–H groups in total. The van der Waals surface area contributed by atoms with Crippen LogP contribution >= 0.6 is 34.9 Å². The van der Waals surface area contributed by atoms with Crippen LogP contribution in [0.2, 0.25) is 0 Å². The molecule has 1 aliphatic rings. The molecule has 13 heteroatoms. The minimum absolute atomic E-state index is 0. The van der Waals surface area contributed by atoms with Crippen LogP contribution in [0.5, 0.6) is 0 Å². The first-order chi connectivity index (χ1) is 12.9. The van der Waals surface area contributed by atoms with E-state index in [1.807, 2.05) is 6.26 Å². The topological polar surface area (TPSA) is 134 Å². The third-order valence-electron chi connectivity index (χ3n) is 3.74. The first-order valence-corrected chi connectivity index (χ1v) is 12.2. The van der Waals surface area contributed by atoms with E-state index in [1.165, 1.54) is 34.9 Å². The fraction of sp³-hybridized carbons (Fsp3) is 0.667. The molecule has 2 rings (SSSR count). The van der Waals surface area contributed by atoms with Crippen LogP contribution in [0, 0.1) is 5.92 Å². The summed E-state index contributed by atoms with van der Waals surface area (Å²) in [5.74, 6) is 6.06. The molecule has 0 saturated heterocycles. The molecule has 1 aromatic rings. The Balaban J connectivity index is 0.000000910. The molecule has 1 aromatic heterocycles. The number of nitrogens with zero attached hydrogens (tertiary/aromatic N) is 3. The van der Waals surface area contributed by atoms with E-state index < -0.39 is 5.91 Å². The Morgan fingerprint density at radius 1 is 1.32 bits per heavy atom. The Labute approximate surface area is 194 Å². The third kappa shape index (κ3) is 10.3. The number of thioether (sulfide) groups is 2. The molecule has 1 fully saturated rings. The SMILES string of the molecule is CSCC(=O)Nc1nnc([C@H]2CCC[C@H](/C([S-])=N/N)C2)s1.CSCC([NH-])=O.[Fe+2]. The second kappa shape index (κ2) is 15.3. The van der Waals surface area contributed by atoms with Gasteiger partial charge in [0.25, 0.3) is 0 Å². The molecular weight excluding hydrogens is 480 g/mol. The van der Waals surface area contributed by atoms with Gasteiger partial charge in [0.05, 0.1) is 11.7 Å². The van der Waals surface area contributed by atoms with Crippen LogP contribution in [-0.4, -0.2) is 51.1 Å². The van der Waals surface area contributed by atoms with E-state index in [9.17, 15) is 9.59 Å². The third-order valence-corrected chi connectivity index (χ3v) is 6.28. The summed E-state index contributed by atoms with van der Waals surface area (Å²) in [6, 6.07) is 0. The maximum absolute atomic E-state index is 11.5. The molecule has 1 aliphatic carbocycles. The van der Waals surface area contributed by atoms with Gasteiger partial charge in [0.2, 0.25) is 11.0 Å². The van der Waals surface area contributed by atoms with E-state index in [1.54, 1.807) is 6.26 Å². The normalized spacial score (nSPS) is 19.0. The quantitative estimate of drug-likeness (QED) is 0.145. The fourth-order valence-electron chi connectivity index (χ4n) is 2.61. The van der Waals surface area contributed by atoms with Crippen molar-refractivity contribution < 1.29 is 26.7 Å². The molecule has 0 aliphatic heterocycles. The number of nitrogens with two attached hydrogens (primary N) is 1. The van der Waals surface area contributed by atoms with Gasteiger partial charge in [-0.2, -0.15) is 23.5 Å². The van der Waals surface area contributed by atoms with Gasteiger partial charge in [0.15, 0.2) is 0 Å². The minimum atomic E-state index is -0.498. The molecule has 0 aromatic carbocycles. The number of hydrogen-bond acceptors (Lipinski definition) is 10. The molecule has 2 atom stereocenters. The number of amides is 2. The summed E-state index contributed by atoms with van der Waals surface area (Å²) in [5, 5.41) is 16.8. The van der Waals surface area contributed by atoms with Crippen LogP contribution in [0.3, 0.4) is 0 Å². The average molecular weight is 505 g/mol. The predicted octanol–water partition coefficient (Wildman–Crippen LogP) is 2.86. The van der Waals surface area contributed by atoms with Crippen LogP contribution < -0.4 is 11.2 Å². The maximum atomic E-state index is 11.5. The summed E-state index contributed by atoms with van der Waals surface area (Å²) < 4.78 is 0. The summed E-state index contributed by atoms with van der Waals surface area (Å²) >= 11 is 9.48. The first kappa shape index (κ1) is 27.4. The fourth-order valence-corrected chi connectivity index (χ4v) is 4.33. The minimum Gasteiger partial charge on any atom is -0.763 e.